The number of nitrogens with one attached hydrogen (secondary N) is 2. The van der Waals surface area contributed by atoms with Crippen LogP contribution in [0.1, 0.15) is 38.2 Å². The quantitative estimate of drug-likeness (QED) is 0.724. The molecular formula is C22H25N5O. The Morgan fingerprint density at radius 1 is 1.07 bits per heavy atom. The molecule has 1 aliphatic carbocycles. The standard InChI is InChI=1S/C22H25N5O/c1-14-9-10-23-13-20(14)16-3-8-21-17(11-16)12-24-22(27-21)26-19-6-4-18(5-7-19)25-15(2)28/h3,8-13,18-19H,4-7H2,1-2H3,(H,25,28)(H,24,26,27). The molecule has 1 saturated carbocycles. The SMILES string of the molecule is CC(=O)NC1CCC(Nc2ncc3cc(-c4cnccc4C)ccc3n2)CC1. The van der Waals surface area contributed by atoms with Crippen LogP contribution in [-0.2, 0) is 4.79 Å². The van der Waals surface area contributed by atoms with E-state index < -0.39 is 0 Å². The molecule has 1 amide bonds. The number of benzene rings is 1. The lowest BCUT2D eigenvalue weighted by Crippen LogP contribution is -2.39. The first kappa shape index (κ1) is 18.3. The Labute approximate surface area is 164 Å². The van der Waals surface area contributed by atoms with Crippen LogP contribution in [0.5, 0.6) is 0 Å². The summed E-state index contributed by atoms with van der Waals surface area (Å²) in [5.41, 5.74) is 4.37. The fourth-order valence-corrected chi connectivity index (χ4v) is 3.89. The van der Waals surface area contributed by atoms with Gasteiger partial charge in [0.05, 0.1) is 5.52 Å². The van der Waals surface area contributed by atoms with Crippen LogP contribution in [0.3, 0.4) is 0 Å². The van der Waals surface area contributed by atoms with Crippen LogP contribution in [0.15, 0.2) is 42.9 Å². The maximum absolute atomic E-state index is 11.2. The van der Waals surface area contributed by atoms with Gasteiger partial charge in [0.15, 0.2) is 0 Å². The second-order valence-electron chi connectivity index (χ2n) is 7.55. The van der Waals surface area contributed by atoms with E-state index in [1.165, 1.54) is 5.56 Å². The third-order valence-corrected chi connectivity index (χ3v) is 5.40. The minimum Gasteiger partial charge on any atom is -0.354 e. The molecule has 0 spiro atoms. The molecule has 4 rings (SSSR count). The Morgan fingerprint density at radius 2 is 1.86 bits per heavy atom. The minimum atomic E-state index is 0.0510. The van der Waals surface area contributed by atoms with E-state index in [2.05, 4.69) is 44.6 Å². The largest absolute Gasteiger partial charge is 0.354 e. The topological polar surface area (TPSA) is 79.8 Å². The smallest absolute Gasteiger partial charge is 0.223 e. The first-order chi connectivity index (χ1) is 13.6. The van der Waals surface area contributed by atoms with E-state index in [1.54, 1.807) is 6.92 Å². The summed E-state index contributed by atoms with van der Waals surface area (Å²) in [5, 5.41) is 7.48. The second kappa shape index (κ2) is 7.92. The molecule has 1 aromatic carbocycles. The number of rotatable bonds is 4. The van der Waals surface area contributed by atoms with Gasteiger partial charge in [0.1, 0.15) is 0 Å². The second-order valence-corrected chi connectivity index (χ2v) is 7.55. The van der Waals surface area contributed by atoms with Crippen LogP contribution < -0.4 is 10.6 Å². The van der Waals surface area contributed by atoms with E-state index in [0.717, 1.165) is 47.7 Å². The van der Waals surface area contributed by atoms with Gasteiger partial charge in [-0.25, -0.2) is 9.97 Å². The monoisotopic (exact) mass is 375 g/mol. The molecule has 6 nitrogen and oxygen atoms in total. The maximum atomic E-state index is 11.2. The lowest BCUT2D eigenvalue weighted by Gasteiger charge is -2.29. The first-order valence-electron chi connectivity index (χ1n) is 9.80. The molecule has 0 bridgehead atoms. The van der Waals surface area contributed by atoms with Crippen LogP contribution in [0, 0.1) is 6.92 Å². The Bertz CT molecular complexity index is 995. The summed E-state index contributed by atoms with van der Waals surface area (Å²) < 4.78 is 0. The number of aryl methyl sites for hydroxylation is 1. The summed E-state index contributed by atoms with van der Waals surface area (Å²) in [4.78, 5) is 24.6. The molecule has 3 aromatic rings. The summed E-state index contributed by atoms with van der Waals surface area (Å²) in [6, 6.07) is 8.90. The van der Waals surface area contributed by atoms with Crippen LogP contribution in [-0.4, -0.2) is 32.9 Å². The lowest BCUT2D eigenvalue weighted by molar-refractivity contribution is -0.119. The van der Waals surface area contributed by atoms with Crippen molar-refractivity contribution >= 4 is 22.8 Å². The number of pyridine rings is 1. The predicted octanol–water partition coefficient (Wildman–Crippen LogP) is 3.86. The van der Waals surface area contributed by atoms with Crippen molar-refractivity contribution in [3.63, 3.8) is 0 Å². The Morgan fingerprint density at radius 3 is 2.61 bits per heavy atom. The van der Waals surface area contributed by atoms with Gasteiger partial charge in [-0.3, -0.25) is 9.78 Å². The van der Waals surface area contributed by atoms with Crippen LogP contribution in [0.2, 0.25) is 0 Å². The van der Waals surface area contributed by atoms with Gasteiger partial charge in [-0.05, 0) is 61.9 Å². The molecule has 0 radical (unpaired) electrons. The normalized spacial score (nSPS) is 19.4. The summed E-state index contributed by atoms with van der Waals surface area (Å²) in [7, 11) is 0. The van der Waals surface area contributed by atoms with E-state index in [-0.39, 0.29) is 5.91 Å². The number of hydrogen-bond acceptors (Lipinski definition) is 5. The Hall–Kier alpha value is -3.02. The van der Waals surface area contributed by atoms with Gasteiger partial charge in [-0.1, -0.05) is 6.07 Å². The number of carbonyl (C=O) groups excluding carboxylic acids is 1. The fraction of sp³-hybridized carbons (Fsp3) is 0.364. The highest BCUT2D eigenvalue weighted by atomic mass is 16.1. The molecule has 6 heteroatoms. The summed E-state index contributed by atoms with van der Waals surface area (Å²) in [6.45, 7) is 3.67. The molecule has 1 aliphatic rings. The molecule has 2 aromatic heterocycles. The van der Waals surface area contributed by atoms with Crippen molar-refractivity contribution in [3.05, 3.63) is 48.4 Å². The number of fused-ring (bicyclic) bond motifs is 1. The average Bonchev–Trinajstić information content (AvgIpc) is 2.69. The number of amides is 1. The van der Waals surface area contributed by atoms with Gasteiger partial charge in [-0.2, -0.15) is 0 Å². The van der Waals surface area contributed by atoms with Gasteiger partial charge in [0.2, 0.25) is 11.9 Å². The van der Waals surface area contributed by atoms with Crippen molar-refractivity contribution in [2.45, 2.75) is 51.6 Å². The zero-order valence-electron chi connectivity index (χ0n) is 16.3. The Kier molecular flexibility index (Phi) is 5.19. The zero-order chi connectivity index (χ0) is 19.5. The van der Waals surface area contributed by atoms with E-state index in [4.69, 9.17) is 0 Å². The van der Waals surface area contributed by atoms with Gasteiger partial charge in [0, 0.05) is 48.5 Å². The molecule has 144 valence electrons. The molecular weight excluding hydrogens is 350 g/mol. The number of nitrogens with zero attached hydrogens (tertiary/aromatic N) is 3. The van der Waals surface area contributed by atoms with Gasteiger partial charge >= 0.3 is 0 Å². The van der Waals surface area contributed by atoms with E-state index in [9.17, 15) is 4.79 Å². The van der Waals surface area contributed by atoms with Gasteiger partial charge in [-0.15, -0.1) is 0 Å². The third kappa shape index (κ3) is 4.11. The van der Waals surface area contributed by atoms with E-state index in [0.29, 0.717) is 18.0 Å². The minimum absolute atomic E-state index is 0.0510. The highest BCUT2D eigenvalue weighted by Gasteiger charge is 2.22. The van der Waals surface area contributed by atoms with Crippen molar-refractivity contribution in [1.29, 1.82) is 0 Å². The van der Waals surface area contributed by atoms with Crippen LogP contribution >= 0.6 is 0 Å². The van der Waals surface area contributed by atoms with Crippen molar-refractivity contribution in [3.8, 4) is 11.1 Å². The molecule has 0 unspecified atom stereocenters. The summed E-state index contributed by atoms with van der Waals surface area (Å²) >= 11 is 0. The number of anilines is 1. The molecule has 28 heavy (non-hydrogen) atoms. The molecule has 2 N–H and O–H groups in total. The van der Waals surface area contributed by atoms with Crippen LogP contribution in [0.4, 0.5) is 5.95 Å². The summed E-state index contributed by atoms with van der Waals surface area (Å²) in [6.07, 6.45) is 9.56. The maximum Gasteiger partial charge on any atom is 0.223 e. The number of aromatic nitrogens is 3. The van der Waals surface area contributed by atoms with Gasteiger partial charge in [0.25, 0.3) is 0 Å². The molecule has 1 fully saturated rings. The highest BCUT2D eigenvalue weighted by molar-refractivity contribution is 5.85. The van der Waals surface area contributed by atoms with E-state index in [1.807, 2.05) is 30.7 Å². The van der Waals surface area contributed by atoms with Crippen molar-refractivity contribution in [2.75, 3.05) is 5.32 Å². The van der Waals surface area contributed by atoms with Crippen molar-refractivity contribution in [2.24, 2.45) is 0 Å². The number of carbonyl (C=O) groups is 1. The van der Waals surface area contributed by atoms with Gasteiger partial charge < -0.3 is 10.6 Å². The average molecular weight is 375 g/mol. The zero-order valence-corrected chi connectivity index (χ0v) is 16.3. The third-order valence-electron chi connectivity index (χ3n) is 5.40. The van der Waals surface area contributed by atoms with Crippen LogP contribution in [0.25, 0.3) is 22.0 Å². The van der Waals surface area contributed by atoms with E-state index >= 15 is 0 Å². The fourth-order valence-electron chi connectivity index (χ4n) is 3.89. The lowest BCUT2D eigenvalue weighted by atomic mass is 9.91. The Balaban J connectivity index is 1.46. The predicted molar refractivity (Wildman–Crippen MR) is 111 cm³/mol. The molecule has 0 aliphatic heterocycles. The van der Waals surface area contributed by atoms with Crippen molar-refractivity contribution < 1.29 is 4.79 Å². The number of hydrogen-bond donors (Lipinski definition) is 2. The first-order valence-corrected chi connectivity index (χ1v) is 9.80. The molecule has 2 heterocycles. The summed E-state index contributed by atoms with van der Waals surface area (Å²) in [5.74, 6) is 0.718. The molecule has 0 atom stereocenters. The molecule has 0 saturated heterocycles. The van der Waals surface area contributed by atoms with Crippen molar-refractivity contribution in [1.82, 2.24) is 20.3 Å². The highest BCUT2D eigenvalue weighted by Crippen LogP contribution is 2.26.